The first-order valence-electron chi connectivity index (χ1n) is 8.50. The second-order valence-electron chi connectivity index (χ2n) is 6.99. The van der Waals surface area contributed by atoms with E-state index in [1.165, 1.54) is 23.7 Å². The Morgan fingerprint density at radius 3 is 2.88 bits per heavy atom. The first-order chi connectivity index (χ1) is 11.4. The summed E-state index contributed by atoms with van der Waals surface area (Å²) in [5.41, 5.74) is 0.327. The summed E-state index contributed by atoms with van der Waals surface area (Å²) in [6, 6.07) is -0.263. The maximum atomic E-state index is 13.2. The smallest absolute Gasteiger partial charge is 0.260 e. The van der Waals surface area contributed by atoms with Crippen molar-refractivity contribution in [2.24, 2.45) is 0 Å². The molecule has 2 heterocycles. The van der Waals surface area contributed by atoms with Crippen molar-refractivity contribution in [1.29, 1.82) is 0 Å². The molecule has 2 aliphatic rings. The Morgan fingerprint density at radius 1 is 1.54 bits per heavy atom. The molecule has 1 aromatic heterocycles. The number of carbonyl (C=O) groups is 1. The van der Waals surface area contributed by atoms with Crippen LogP contribution in [0.25, 0.3) is 0 Å². The van der Waals surface area contributed by atoms with Crippen molar-refractivity contribution in [2.75, 3.05) is 18.9 Å². The standard InChI is InChI=1S/C16H25F2N5O/c1-9-6-13(14(17)18)23-15(21-9)12(8-20-23)16(24)19-7-10(2)22(3)11-4-5-11/h8-11,13-14,21H,4-7H2,1-3H3,(H,19,24)/t9-,10?,13-/m0/s1. The van der Waals surface area contributed by atoms with E-state index in [2.05, 4.69) is 34.6 Å². The Balaban J connectivity index is 1.67. The normalized spacial score (nSPS) is 24.6. The molecule has 1 aliphatic carbocycles. The molecule has 3 rings (SSSR count). The molecule has 0 spiro atoms. The molecule has 0 radical (unpaired) electrons. The van der Waals surface area contributed by atoms with Crippen LogP contribution in [-0.4, -0.2) is 58.7 Å². The highest BCUT2D eigenvalue weighted by Crippen LogP contribution is 2.33. The second kappa shape index (κ2) is 6.66. The highest BCUT2D eigenvalue weighted by Gasteiger charge is 2.34. The van der Waals surface area contributed by atoms with Gasteiger partial charge in [-0.3, -0.25) is 9.69 Å². The third-order valence-corrected chi connectivity index (χ3v) is 5.00. The molecule has 3 atom stereocenters. The van der Waals surface area contributed by atoms with E-state index < -0.39 is 12.5 Å². The zero-order valence-electron chi connectivity index (χ0n) is 14.3. The summed E-state index contributed by atoms with van der Waals surface area (Å²) in [6.45, 7) is 4.42. The number of aromatic nitrogens is 2. The molecule has 6 nitrogen and oxygen atoms in total. The third-order valence-electron chi connectivity index (χ3n) is 5.00. The summed E-state index contributed by atoms with van der Waals surface area (Å²) in [6.07, 6.45) is 1.58. The van der Waals surface area contributed by atoms with Gasteiger partial charge in [-0.1, -0.05) is 0 Å². The van der Waals surface area contributed by atoms with Gasteiger partial charge in [0.15, 0.2) is 0 Å². The third kappa shape index (κ3) is 3.38. The quantitative estimate of drug-likeness (QED) is 0.832. The Kier molecular flexibility index (Phi) is 4.76. The average Bonchev–Trinajstić information content (AvgIpc) is 3.30. The molecule has 8 heteroatoms. The zero-order valence-corrected chi connectivity index (χ0v) is 14.3. The summed E-state index contributed by atoms with van der Waals surface area (Å²) in [7, 11) is 2.06. The van der Waals surface area contributed by atoms with Crippen LogP contribution in [0.4, 0.5) is 14.6 Å². The van der Waals surface area contributed by atoms with Gasteiger partial charge in [0.1, 0.15) is 17.4 Å². The summed E-state index contributed by atoms with van der Waals surface area (Å²) < 4.78 is 27.7. The van der Waals surface area contributed by atoms with Gasteiger partial charge in [0.25, 0.3) is 12.3 Å². The van der Waals surface area contributed by atoms with Crippen LogP contribution in [0.15, 0.2) is 6.20 Å². The molecule has 0 saturated heterocycles. The molecule has 0 bridgehead atoms. The number of likely N-dealkylation sites (N-methyl/N-ethyl adjacent to an activating group) is 1. The topological polar surface area (TPSA) is 62.2 Å². The number of amides is 1. The lowest BCUT2D eigenvalue weighted by molar-refractivity contribution is 0.0666. The summed E-state index contributed by atoms with van der Waals surface area (Å²) in [4.78, 5) is 14.7. The maximum absolute atomic E-state index is 13.2. The molecule has 134 valence electrons. The first-order valence-corrected chi connectivity index (χ1v) is 8.50. The minimum Gasteiger partial charge on any atom is -0.367 e. The number of hydrogen-bond acceptors (Lipinski definition) is 4. The van der Waals surface area contributed by atoms with Crippen molar-refractivity contribution in [1.82, 2.24) is 20.0 Å². The van der Waals surface area contributed by atoms with E-state index in [0.29, 0.717) is 24.0 Å². The largest absolute Gasteiger partial charge is 0.367 e. The van der Waals surface area contributed by atoms with Gasteiger partial charge >= 0.3 is 0 Å². The Labute approximate surface area is 140 Å². The summed E-state index contributed by atoms with van der Waals surface area (Å²) in [5, 5.41) is 10.0. The van der Waals surface area contributed by atoms with E-state index in [1.807, 2.05) is 6.92 Å². The van der Waals surface area contributed by atoms with Crippen LogP contribution in [0.1, 0.15) is 49.5 Å². The fourth-order valence-electron chi connectivity index (χ4n) is 3.21. The minimum absolute atomic E-state index is 0.125. The Hall–Kier alpha value is -1.70. The van der Waals surface area contributed by atoms with Crippen molar-refractivity contribution in [3.05, 3.63) is 11.8 Å². The summed E-state index contributed by atoms with van der Waals surface area (Å²) in [5.74, 6) is 0.113. The molecular formula is C16H25F2N5O. The first kappa shape index (κ1) is 17.1. The molecule has 1 unspecified atom stereocenters. The fraction of sp³-hybridized carbons (Fsp3) is 0.750. The highest BCUT2D eigenvalue weighted by atomic mass is 19.3. The predicted molar refractivity (Wildman–Crippen MR) is 87.5 cm³/mol. The van der Waals surface area contributed by atoms with E-state index in [9.17, 15) is 13.6 Å². The lowest BCUT2D eigenvalue weighted by atomic mass is 10.1. The number of alkyl halides is 2. The van der Waals surface area contributed by atoms with Crippen molar-refractivity contribution in [3.8, 4) is 0 Å². The maximum Gasteiger partial charge on any atom is 0.260 e. The van der Waals surface area contributed by atoms with Crippen molar-refractivity contribution in [3.63, 3.8) is 0 Å². The van der Waals surface area contributed by atoms with Crippen LogP contribution in [0, 0.1) is 0 Å². The number of anilines is 1. The lowest BCUT2D eigenvalue weighted by Crippen LogP contribution is -2.41. The van der Waals surface area contributed by atoms with Crippen LogP contribution in [0.5, 0.6) is 0 Å². The van der Waals surface area contributed by atoms with Crippen LogP contribution >= 0.6 is 0 Å². The summed E-state index contributed by atoms with van der Waals surface area (Å²) >= 11 is 0. The van der Waals surface area contributed by atoms with E-state index in [1.54, 1.807) is 0 Å². The van der Waals surface area contributed by atoms with Gasteiger partial charge in [0, 0.05) is 24.7 Å². The van der Waals surface area contributed by atoms with Crippen LogP contribution in [-0.2, 0) is 0 Å². The van der Waals surface area contributed by atoms with Crippen molar-refractivity contribution >= 4 is 11.7 Å². The van der Waals surface area contributed by atoms with Gasteiger partial charge in [-0.2, -0.15) is 5.10 Å². The molecule has 1 amide bonds. The Bertz CT molecular complexity index is 601. The van der Waals surface area contributed by atoms with Gasteiger partial charge in [-0.15, -0.1) is 0 Å². The van der Waals surface area contributed by atoms with Crippen molar-refractivity contribution in [2.45, 2.75) is 63.7 Å². The number of nitrogens with zero attached hydrogens (tertiary/aromatic N) is 3. The van der Waals surface area contributed by atoms with Crippen LogP contribution in [0.3, 0.4) is 0 Å². The average molecular weight is 341 g/mol. The molecule has 1 aliphatic heterocycles. The predicted octanol–water partition coefficient (Wildman–Crippen LogP) is 2.11. The monoisotopic (exact) mass is 341 g/mol. The molecule has 1 saturated carbocycles. The number of nitrogens with one attached hydrogen (secondary N) is 2. The fourth-order valence-corrected chi connectivity index (χ4v) is 3.21. The van der Waals surface area contributed by atoms with E-state index in [-0.39, 0.29) is 24.4 Å². The number of carbonyl (C=O) groups excluding carboxylic acids is 1. The Morgan fingerprint density at radius 2 is 2.25 bits per heavy atom. The van der Waals surface area contributed by atoms with E-state index >= 15 is 0 Å². The van der Waals surface area contributed by atoms with Crippen LogP contribution < -0.4 is 10.6 Å². The molecule has 2 N–H and O–H groups in total. The zero-order chi connectivity index (χ0) is 17.4. The second-order valence-corrected chi connectivity index (χ2v) is 6.99. The van der Waals surface area contributed by atoms with Gasteiger partial charge in [-0.25, -0.2) is 13.5 Å². The van der Waals surface area contributed by atoms with Crippen LogP contribution in [0.2, 0.25) is 0 Å². The molecule has 24 heavy (non-hydrogen) atoms. The molecule has 1 aromatic rings. The SMILES string of the molecule is CC(CNC(=O)c1cnn2c1N[C@@H](C)C[C@H]2C(F)F)N(C)C1CC1. The van der Waals surface area contributed by atoms with E-state index in [0.717, 1.165) is 0 Å². The number of halogens is 2. The molecule has 1 fully saturated rings. The van der Waals surface area contributed by atoms with Crippen molar-refractivity contribution < 1.29 is 13.6 Å². The lowest BCUT2D eigenvalue weighted by Gasteiger charge is -2.30. The van der Waals surface area contributed by atoms with E-state index in [4.69, 9.17) is 0 Å². The molecular weight excluding hydrogens is 316 g/mol. The number of rotatable bonds is 6. The molecule has 0 aromatic carbocycles. The van der Waals surface area contributed by atoms with Gasteiger partial charge < -0.3 is 10.6 Å². The minimum atomic E-state index is -2.50. The number of hydrogen-bond donors (Lipinski definition) is 2. The number of fused-ring (bicyclic) bond motifs is 1. The van der Waals surface area contributed by atoms with Gasteiger partial charge in [0.05, 0.1) is 6.20 Å². The van der Waals surface area contributed by atoms with Gasteiger partial charge in [0.2, 0.25) is 0 Å². The highest BCUT2D eigenvalue weighted by molar-refractivity contribution is 5.98. The van der Waals surface area contributed by atoms with Gasteiger partial charge in [-0.05, 0) is 40.2 Å².